The molecule has 8 heteroatoms. The second kappa shape index (κ2) is 8.61. The van der Waals surface area contributed by atoms with Crippen LogP contribution >= 0.6 is 11.6 Å². The van der Waals surface area contributed by atoms with E-state index >= 15 is 0 Å². The maximum atomic E-state index is 12.7. The molecule has 7 nitrogen and oxygen atoms in total. The number of amides is 2. The molecule has 0 aliphatic carbocycles. The standard InChI is InChI=1S/C23H20ClNO6/c1-13(20(26)14-4-2-5-16(24)10-14)31-23(29)15-7-8-18-19(11-15)22(28)25(21(18)27)12-17-6-3-9-30-17/h2,4-5,7-8,10-11,13,17H,3,6,9,12H2,1H3/t13-,17-/m1/s1. The Morgan fingerprint density at radius 1 is 1.13 bits per heavy atom. The SMILES string of the molecule is C[C@@H](OC(=O)c1ccc2c(c1)C(=O)N(C[C@H]1CCCO1)C2=O)C(=O)c1cccc(Cl)c1. The molecule has 0 aromatic heterocycles. The van der Waals surface area contributed by atoms with Crippen LogP contribution in [0.5, 0.6) is 0 Å². The zero-order chi connectivity index (χ0) is 22.1. The zero-order valence-electron chi connectivity index (χ0n) is 16.8. The van der Waals surface area contributed by atoms with Gasteiger partial charge >= 0.3 is 5.97 Å². The summed E-state index contributed by atoms with van der Waals surface area (Å²) in [4.78, 5) is 51.6. The Labute approximate surface area is 183 Å². The molecule has 2 aliphatic rings. The van der Waals surface area contributed by atoms with Crippen LogP contribution in [-0.4, -0.2) is 53.8 Å². The Morgan fingerprint density at radius 2 is 1.90 bits per heavy atom. The first kappa shape index (κ1) is 21.2. The number of esters is 1. The van der Waals surface area contributed by atoms with Crippen LogP contribution in [0.3, 0.4) is 0 Å². The largest absolute Gasteiger partial charge is 0.451 e. The molecule has 0 bridgehead atoms. The molecule has 1 saturated heterocycles. The van der Waals surface area contributed by atoms with Crippen LogP contribution in [0, 0.1) is 0 Å². The molecule has 2 heterocycles. The maximum absolute atomic E-state index is 12.7. The summed E-state index contributed by atoms with van der Waals surface area (Å²) < 4.78 is 10.8. The molecule has 4 rings (SSSR count). The van der Waals surface area contributed by atoms with Crippen LogP contribution in [0.15, 0.2) is 42.5 Å². The number of Topliss-reactive ketones (excluding diaryl/α,β-unsaturated/α-hetero) is 1. The minimum atomic E-state index is -1.05. The third-order valence-electron chi connectivity index (χ3n) is 5.38. The first-order valence-electron chi connectivity index (χ1n) is 9.98. The second-order valence-corrected chi connectivity index (χ2v) is 7.97. The molecule has 2 aliphatic heterocycles. The van der Waals surface area contributed by atoms with Gasteiger partial charge in [0.15, 0.2) is 6.10 Å². The predicted molar refractivity (Wildman–Crippen MR) is 111 cm³/mol. The van der Waals surface area contributed by atoms with Crippen molar-refractivity contribution in [1.29, 1.82) is 0 Å². The van der Waals surface area contributed by atoms with Crippen molar-refractivity contribution < 1.29 is 28.7 Å². The smallest absolute Gasteiger partial charge is 0.338 e. The number of carbonyl (C=O) groups excluding carboxylic acids is 4. The summed E-state index contributed by atoms with van der Waals surface area (Å²) in [6, 6.07) is 10.5. The highest BCUT2D eigenvalue weighted by molar-refractivity contribution is 6.31. The van der Waals surface area contributed by atoms with Crippen LogP contribution in [0.1, 0.15) is 61.2 Å². The van der Waals surface area contributed by atoms with E-state index in [1.807, 2.05) is 0 Å². The highest BCUT2D eigenvalue weighted by atomic mass is 35.5. The van der Waals surface area contributed by atoms with Gasteiger partial charge < -0.3 is 9.47 Å². The molecular weight excluding hydrogens is 422 g/mol. The number of hydrogen-bond donors (Lipinski definition) is 0. The van der Waals surface area contributed by atoms with Gasteiger partial charge in [-0.15, -0.1) is 0 Å². The Kier molecular flexibility index (Phi) is 5.89. The van der Waals surface area contributed by atoms with E-state index in [1.54, 1.807) is 18.2 Å². The summed E-state index contributed by atoms with van der Waals surface area (Å²) in [6.45, 7) is 2.28. The molecule has 31 heavy (non-hydrogen) atoms. The van der Waals surface area contributed by atoms with Gasteiger partial charge in [-0.05, 0) is 50.1 Å². The van der Waals surface area contributed by atoms with Crippen molar-refractivity contribution in [3.8, 4) is 0 Å². The Hall–Kier alpha value is -3.03. The fourth-order valence-corrected chi connectivity index (χ4v) is 3.92. The lowest BCUT2D eigenvalue weighted by Gasteiger charge is -2.17. The molecule has 0 N–H and O–H groups in total. The first-order valence-corrected chi connectivity index (χ1v) is 10.4. The molecule has 0 spiro atoms. The van der Waals surface area contributed by atoms with Crippen LogP contribution in [0.4, 0.5) is 0 Å². The fraction of sp³-hybridized carbons (Fsp3) is 0.304. The summed E-state index contributed by atoms with van der Waals surface area (Å²) in [7, 11) is 0. The Morgan fingerprint density at radius 3 is 2.61 bits per heavy atom. The summed E-state index contributed by atoms with van der Waals surface area (Å²) >= 11 is 5.91. The van der Waals surface area contributed by atoms with Crippen LogP contribution in [0.2, 0.25) is 5.02 Å². The Bertz CT molecular complexity index is 1080. The summed E-state index contributed by atoms with van der Waals surface area (Å²) in [5.74, 6) is -2.03. The lowest BCUT2D eigenvalue weighted by atomic mass is 10.1. The van der Waals surface area contributed by atoms with Crippen LogP contribution < -0.4 is 0 Å². The third-order valence-corrected chi connectivity index (χ3v) is 5.61. The molecule has 0 radical (unpaired) electrons. The number of hydrogen-bond acceptors (Lipinski definition) is 6. The van der Waals surface area contributed by atoms with E-state index in [0.29, 0.717) is 17.2 Å². The van der Waals surface area contributed by atoms with E-state index in [0.717, 1.165) is 17.7 Å². The number of nitrogens with zero attached hydrogens (tertiary/aromatic N) is 1. The number of ketones is 1. The summed E-state index contributed by atoms with van der Waals surface area (Å²) in [6.07, 6.45) is 0.483. The van der Waals surface area contributed by atoms with Gasteiger partial charge in [0.1, 0.15) is 0 Å². The number of fused-ring (bicyclic) bond motifs is 1. The molecule has 2 aromatic rings. The third kappa shape index (κ3) is 4.24. The predicted octanol–water partition coefficient (Wildman–Crippen LogP) is 3.54. The fourth-order valence-electron chi connectivity index (χ4n) is 3.73. The van der Waals surface area contributed by atoms with Crippen molar-refractivity contribution in [2.45, 2.75) is 32.0 Å². The number of benzene rings is 2. The number of rotatable bonds is 6. The maximum Gasteiger partial charge on any atom is 0.338 e. The minimum Gasteiger partial charge on any atom is -0.451 e. The molecular formula is C23H20ClNO6. The molecule has 1 fully saturated rings. The molecule has 2 amide bonds. The van der Waals surface area contributed by atoms with Crippen molar-refractivity contribution in [1.82, 2.24) is 4.90 Å². The van der Waals surface area contributed by atoms with Crippen molar-refractivity contribution in [2.24, 2.45) is 0 Å². The molecule has 2 atom stereocenters. The number of ether oxygens (including phenoxy) is 2. The van der Waals surface area contributed by atoms with Crippen LogP contribution in [0.25, 0.3) is 0 Å². The average molecular weight is 442 g/mol. The quantitative estimate of drug-likeness (QED) is 0.387. The van der Waals surface area contributed by atoms with Crippen molar-refractivity contribution in [3.05, 3.63) is 69.7 Å². The molecule has 160 valence electrons. The van der Waals surface area contributed by atoms with E-state index in [9.17, 15) is 19.2 Å². The highest BCUT2D eigenvalue weighted by Gasteiger charge is 2.38. The summed E-state index contributed by atoms with van der Waals surface area (Å²) in [5, 5.41) is 0.402. The number of halogens is 1. The van der Waals surface area contributed by atoms with Gasteiger partial charge in [-0.3, -0.25) is 19.3 Å². The van der Waals surface area contributed by atoms with Gasteiger partial charge in [-0.2, -0.15) is 0 Å². The lowest BCUT2D eigenvalue weighted by molar-refractivity contribution is 0.0318. The lowest BCUT2D eigenvalue weighted by Crippen LogP contribution is -2.36. The summed E-state index contributed by atoms with van der Waals surface area (Å²) in [5.41, 5.74) is 0.797. The molecule has 0 unspecified atom stereocenters. The van der Waals surface area contributed by atoms with Gasteiger partial charge in [-0.25, -0.2) is 4.79 Å². The topological polar surface area (TPSA) is 90.0 Å². The van der Waals surface area contributed by atoms with Gasteiger partial charge in [0.25, 0.3) is 11.8 Å². The minimum absolute atomic E-state index is 0.0876. The van der Waals surface area contributed by atoms with E-state index in [4.69, 9.17) is 21.1 Å². The van der Waals surface area contributed by atoms with Gasteiger partial charge in [0.05, 0.1) is 29.3 Å². The van der Waals surface area contributed by atoms with Gasteiger partial charge in [-0.1, -0.05) is 23.7 Å². The van der Waals surface area contributed by atoms with E-state index in [-0.39, 0.29) is 29.3 Å². The van der Waals surface area contributed by atoms with E-state index < -0.39 is 29.7 Å². The van der Waals surface area contributed by atoms with E-state index in [2.05, 4.69) is 0 Å². The normalized spacial score (nSPS) is 18.8. The second-order valence-electron chi connectivity index (χ2n) is 7.54. The van der Waals surface area contributed by atoms with Crippen molar-refractivity contribution in [2.75, 3.05) is 13.2 Å². The first-order chi connectivity index (χ1) is 14.8. The Balaban J connectivity index is 1.47. The monoisotopic (exact) mass is 441 g/mol. The van der Waals surface area contributed by atoms with Gasteiger partial charge in [0.2, 0.25) is 5.78 Å². The molecule has 0 saturated carbocycles. The van der Waals surface area contributed by atoms with Crippen molar-refractivity contribution >= 4 is 35.2 Å². The van der Waals surface area contributed by atoms with Crippen LogP contribution in [-0.2, 0) is 9.47 Å². The highest BCUT2D eigenvalue weighted by Crippen LogP contribution is 2.26. The molecule has 2 aromatic carbocycles. The van der Waals surface area contributed by atoms with Crippen molar-refractivity contribution in [3.63, 3.8) is 0 Å². The zero-order valence-corrected chi connectivity index (χ0v) is 17.6. The number of imide groups is 1. The number of carbonyl (C=O) groups is 4. The van der Waals surface area contributed by atoms with Gasteiger partial charge in [0, 0.05) is 17.2 Å². The van der Waals surface area contributed by atoms with E-state index in [1.165, 1.54) is 31.2 Å². The average Bonchev–Trinajstić information content (AvgIpc) is 3.36.